The van der Waals surface area contributed by atoms with Gasteiger partial charge in [-0.3, -0.25) is 4.79 Å². The van der Waals surface area contributed by atoms with Crippen molar-refractivity contribution < 1.29 is 13.9 Å². The van der Waals surface area contributed by atoms with Gasteiger partial charge in [0, 0.05) is 23.0 Å². The lowest BCUT2D eigenvalue weighted by Crippen LogP contribution is -2.41. The molecule has 35 heavy (non-hydrogen) atoms. The minimum absolute atomic E-state index is 0.0600. The summed E-state index contributed by atoms with van der Waals surface area (Å²) in [7, 11) is 2.16. The lowest BCUT2D eigenvalue weighted by Gasteiger charge is -2.41. The van der Waals surface area contributed by atoms with Crippen LogP contribution in [0.1, 0.15) is 71.7 Å². The van der Waals surface area contributed by atoms with Crippen molar-refractivity contribution in [3.63, 3.8) is 0 Å². The number of ether oxygens (including phenoxy) is 1. The molecule has 3 aromatic carbocycles. The van der Waals surface area contributed by atoms with Crippen molar-refractivity contribution in [1.29, 1.82) is 0 Å². The molecular weight excluding hydrogens is 461 g/mol. The molecule has 5 heteroatoms. The van der Waals surface area contributed by atoms with E-state index in [1.54, 1.807) is 12.1 Å². The summed E-state index contributed by atoms with van der Waals surface area (Å²) in [4.78, 5) is 14.8. The Morgan fingerprint density at radius 3 is 2.43 bits per heavy atom. The van der Waals surface area contributed by atoms with Gasteiger partial charge in [0.15, 0.2) is 5.78 Å². The summed E-state index contributed by atoms with van der Waals surface area (Å²) < 4.78 is 19.9. The van der Waals surface area contributed by atoms with Gasteiger partial charge in [-0.1, -0.05) is 48.0 Å². The lowest BCUT2D eigenvalue weighted by molar-refractivity contribution is -0.0942. The zero-order chi connectivity index (χ0) is 24.4. The maximum absolute atomic E-state index is 13.1. The van der Waals surface area contributed by atoms with E-state index in [2.05, 4.69) is 48.3 Å². The number of Topliss-reactive ketones (excluding diaryl/α,β-unsaturated/α-hetero) is 1. The van der Waals surface area contributed by atoms with Crippen LogP contribution >= 0.6 is 11.6 Å². The molecule has 1 heterocycles. The number of hydrogen-bond acceptors (Lipinski definition) is 3. The number of rotatable bonds is 7. The molecule has 182 valence electrons. The molecule has 1 saturated carbocycles. The molecule has 1 spiro atoms. The van der Waals surface area contributed by atoms with E-state index in [0.29, 0.717) is 18.0 Å². The molecule has 0 saturated heterocycles. The number of benzene rings is 3. The van der Waals surface area contributed by atoms with Gasteiger partial charge in [0.25, 0.3) is 0 Å². The van der Waals surface area contributed by atoms with E-state index in [0.717, 1.165) is 49.2 Å². The Kier molecular flexibility index (Phi) is 7.06. The number of carbonyl (C=O) groups excluding carboxylic acids is 1. The van der Waals surface area contributed by atoms with E-state index < -0.39 is 0 Å². The van der Waals surface area contributed by atoms with Crippen LogP contribution in [0.2, 0.25) is 5.02 Å². The van der Waals surface area contributed by atoms with Crippen LogP contribution in [0.5, 0.6) is 0 Å². The lowest BCUT2D eigenvalue weighted by atomic mass is 9.77. The number of fused-ring (bicyclic) bond motifs is 2. The Hall–Kier alpha value is -2.53. The van der Waals surface area contributed by atoms with Crippen LogP contribution in [0.15, 0.2) is 72.8 Å². The predicted octanol–water partition coefficient (Wildman–Crippen LogP) is 7.33. The average molecular weight is 492 g/mol. The number of nitrogens with zero attached hydrogens (tertiary/aromatic N) is 1. The molecule has 1 aliphatic carbocycles. The predicted molar refractivity (Wildman–Crippen MR) is 137 cm³/mol. The second-order valence-corrected chi connectivity index (χ2v) is 10.3. The molecule has 0 radical (unpaired) electrons. The highest BCUT2D eigenvalue weighted by Gasteiger charge is 2.47. The molecule has 0 N–H and O–H groups in total. The van der Waals surface area contributed by atoms with Crippen molar-refractivity contribution in [2.45, 2.75) is 56.3 Å². The Labute approximate surface area is 211 Å². The smallest absolute Gasteiger partial charge is 0.162 e. The van der Waals surface area contributed by atoms with E-state index >= 15 is 0 Å². The van der Waals surface area contributed by atoms with E-state index in [9.17, 15) is 9.18 Å². The number of halogens is 2. The first-order valence-electron chi connectivity index (χ1n) is 12.5. The fourth-order valence-corrected chi connectivity index (χ4v) is 5.85. The molecule has 0 unspecified atom stereocenters. The largest absolute Gasteiger partial charge is 0.358 e. The molecule has 1 atom stereocenters. The second kappa shape index (κ2) is 10.2. The number of carbonyl (C=O) groups is 1. The van der Waals surface area contributed by atoms with Crippen LogP contribution in [-0.4, -0.2) is 30.3 Å². The van der Waals surface area contributed by atoms with E-state index in [-0.39, 0.29) is 23.3 Å². The quantitative estimate of drug-likeness (QED) is 0.324. The second-order valence-electron chi connectivity index (χ2n) is 9.88. The van der Waals surface area contributed by atoms with Crippen LogP contribution in [0, 0.1) is 5.82 Å². The van der Waals surface area contributed by atoms with E-state index in [1.807, 2.05) is 12.1 Å². The first-order chi connectivity index (χ1) is 16.9. The zero-order valence-electron chi connectivity index (χ0n) is 20.1. The third-order valence-corrected chi connectivity index (χ3v) is 7.97. The molecule has 0 amide bonds. The molecule has 3 aromatic rings. The molecule has 0 bridgehead atoms. The summed E-state index contributed by atoms with van der Waals surface area (Å²) in [6, 6.07) is 22.9. The van der Waals surface area contributed by atoms with Crippen LogP contribution in [-0.2, 0) is 10.3 Å². The van der Waals surface area contributed by atoms with Crippen molar-refractivity contribution >= 4 is 17.4 Å². The molecule has 3 nitrogen and oxygen atoms in total. The van der Waals surface area contributed by atoms with Gasteiger partial charge in [0.2, 0.25) is 0 Å². The SMILES string of the molecule is CN(CCCC(=O)c1ccc(F)cc1)C1CCC2(CC1)O[C@H](c1ccc(Cl)cc1)c1ccccc12. The van der Waals surface area contributed by atoms with Gasteiger partial charge in [0.1, 0.15) is 11.9 Å². The highest BCUT2D eigenvalue weighted by Crippen LogP contribution is 2.53. The van der Waals surface area contributed by atoms with Gasteiger partial charge in [-0.2, -0.15) is 0 Å². The van der Waals surface area contributed by atoms with Crippen LogP contribution < -0.4 is 0 Å². The first-order valence-corrected chi connectivity index (χ1v) is 12.8. The van der Waals surface area contributed by atoms with Crippen molar-refractivity contribution in [2.24, 2.45) is 0 Å². The zero-order valence-corrected chi connectivity index (χ0v) is 20.8. The topological polar surface area (TPSA) is 29.5 Å². The Balaban J connectivity index is 1.19. The molecule has 0 aromatic heterocycles. The summed E-state index contributed by atoms with van der Waals surface area (Å²) in [6.45, 7) is 0.870. The highest BCUT2D eigenvalue weighted by atomic mass is 35.5. The van der Waals surface area contributed by atoms with Crippen molar-refractivity contribution in [2.75, 3.05) is 13.6 Å². The molecule has 5 rings (SSSR count). The average Bonchev–Trinajstić information content (AvgIpc) is 3.19. The van der Waals surface area contributed by atoms with Gasteiger partial charge >= 0.3 is 0 Å². The Morgan fingerprint density at radius 1 is 1.03 bits per heavy atom. The summed E-state index contributed by atoms with van der Waals surface area (Å²) in [6.07, 6.45) is 5.30. The van der Waals surface area contributed by atoms with Gasteiger partial charge in [-0.15, -0.1) is 0 Å². The maximum atomic E-state index is 13.1. The van der Waals surface area contributed by atoms with Crippen molar-refractivity contribution in [3.8, 4) is 0 Å². The summed E-state index contributed by atoms with van der Waals surface area (Å²) >= 11 is 6.12. The van der Waals surface area contributed by atoms with Gasteiger partial charge < -0.3 is 9.64 Å². The summed E-state index contributed by atoms with van der Waals surface area (Å²) in [5, 5.41) is 0.734. The monoisotopic (exact) mass is 491 g/mol. The third-order valence-electron chi connectivity index (χ3n) is 7.72. The van der Waals surface area contributed by atoms with Crippen molar-refractivity contribution in [3.05, 3.63) is 106 Å². The van der Waals surface area contributed by atoms with Gasteiger partial charge in [0.05, 0.1) is 5.60 Å². The fraction of sp³-hybridized carbons (Fsp3) is 0.367. The van der Waals surface area contributed by atoms with Crippen molar-refractivity contribution in [1.82, 2.24) is 4.90 Å². The Bertz CT molecular complexity index is 1170. The van der Waals surface area contributed by atoms with Crippen LogP contribution in [0.4, 0.5) is 4.39 Å². The minimum Gasteiger partial charge on any atom is -0.358 e. The molecule has 2 aliphatic rings. The Morgan fingerprint density at radius 2 is 1.71 bits per heavy atom. The van der Waals surface area contributed by atoms with Crippen LogP contribution in [0.3, 0.4) is 0 Å². The maximum Gasteiger partial charge on any atom is 0.162 e. The standard InChI is InChI=1S/C30H31ClFNO2/c1-33(20-4-7-28(34)21-10-14-24(32)15-11-21)25-16-18-30(19-17-25)27-6-3-2-5-26(27)29(35-30)22-8-12-23(31)13-9-22/h2-3,5-6,8-15,25,29H,4,7,16-20H2,1H3/t25?,29-,30?/m1/s1. The highest BCUT2D eigenvalue weighted by molar-refractivity contribution is 6.30. The summed E-state index contributed by atoms with van der Waals surface area (Å²) in [5.41, 5.74) is 4.08. The van der Waals surface area contributed by atoms with Gasteiger partial charge in [-0.05, 0) is 98.8 Å². The fourth-order valence-electron chi connectivity index (χ4n) is 5.73. The minimum atomic E-state index is -0.315. The van der Waals surface area contributed by atoms with E-state index in [1.165, 1.54) is 23.3 Å². The number of hydrogen-bond donors (Lipinski definition) is 0. The summed E-state index contributed by atoms with van der Waals surface area (Å²) in [5.74, 6) is -0.241. The molecule has 1 fully saturated rings. The molecular formula is C30H31ClFNO2. The van der Waals surface area contributed by atoms with E-state index in [4.69, 9.17) is 16.3 Å². The molecule has 1 aliphatic heterocycles. The van der Waals surface area contributed by atoms with Crippen LogP contribution in [0.25, 0.3) is 0 Å². The normalized spacial score (nSPS) is 23.5. The van der Waals surface area contributed by atoms with Gasteiger partial charge in [-0.25, -0.2) is 4.39 Å². The third kappa shape index (κ3) is 5.06. The first kappa shape index (κ1) is 24.2. The number of ketones is 1.